The molecule has 0 aliphatic heterocycles. The summed E-state index contributed by atoms with van der Waals surface area (Å²) in [6, 6.07) is 13.9. The van der Waals surface area contributed by atoms with Gasteiger partial charge in [-0.25, -0.2) is 0 Å². The Kier molecular flexibility index (Phi) is 3.31. The van der Waals surface area contributed by atoms with Crippen molar-refractivity contribution in [3.63, 3.8) is 0 Å². The quantitative estimate of drug-likeness (QED) is 0.823. The van der Waals surface area contributed by atoms with Crippen molar-refractivity contribution in [3.05, 3.63) is 64.7 Å². The number of fused-ring (bicyclic) bond motifs is 1. The first-order valence-electron chi connectivity index (χ1n) is 6.97. The molecule has 0 bridgehead atoms. The second kappa shape index (κ2) is 5.12. The molecule has 2 aromatic rings. The van der Waals surface area contributed by atoms with Crippen molar-refractivity contribution < 1.29 is 9.53 Å². The van der Waals surface area contributed by atoms with Gasteiger partial charge in [0.2, 0.25) is 0 Å². The highest BCUT2D eigenvalue weighted by molar-refractivity contribution is 6.03. The van der Waals surface area contributed by atoms with E-state index in [-0.39, 0.29) is 11.7 Å². The normalized spacial score (nSPS) is 17.7. The van der Waals surface area contributed by atoms with Crippen LogP contribution in [-0.2, 0) is 6.42 Å². The van der Waals surface area contributed by atoms with E-state index in [1.54, 1.807) is 7.11 Å². The number of ketones is 1. The zero-order chi connectivity index (χ0) is 14.1. The summed E-state index contributed by atoms with van der Waals surface area (Å²) in [5, 5.41) is 0. The highest BCUT2D eigenvalue weighted by Crippen LogP contribution is 2.35. The number of methoxy groups -OCH3 is 1. The maximum absolute atomic E-state index is 12.7. The summed E-state index contributed by atoms with van der Waals surface area (Å²) in [5.41, 5.74) is 4.33. The minimum atomic E-state index is -0.00269. The van der Waals surface area contributed by atoms with Crippen molar-refractivity contribution >= 4 is 5.78 Å². The smallest absolute Gasteiger partial charge is 0.170 e. The van der Waals surface area contributed by atoms with E-state index in [0.717, 1.165) is 29.7 Å². The SMILES string of the molecule is COc1ccc2c(c1)CCC(c1ccccc1C)C2=O. The molecule has 20 heavy (non-hydrogen) atoms. The Morgan fingerprint density at radius 1 is 1.15 bits per heavy atom. The van der Waals surface area contributed by atoms with Gasteiger partial charge in [-0.15, -0.1) is 0 Å². The van der Waals surface area contributed by atoms with Gasteiger partial charge in [-0.05, 0) is 54.7 Å². The lowest BCUT2D eigenvalue weighted by Crippen LogP contribution is -2.21. The molecule has 0 saturated carbocycles. The number of Topliss-reactive ketones (excluding diaryl/α,β-unsaturated/α-hetero) is 1. The molecule has 1 aliphatic rings. The summed E-state index contributed by atoms with van der Waals surface area (Å²) in [4.78, 5) is 12.7. The van der Waals surface area contributed by atoms with E-state index >= 15 is 0 Å². The minimum Gasteiger partial charge on any atom is -0.497 e. The first-order chi connectivity index (χ1) is 9.70. The fourth-order valence-electron chi connectivity index (χ4n) is 3.04. The van der Waals surface area contributed by atoms with E-state index in [2.05, 4.69) is 19.1 Å². The van der Waals surface area contributed by atoms with Crippen LogP contribution in [0.1, 0.15) is 39.4 Å². The van der Waals surface area contributed by atoms with Crippen LogP contribution in [0.5, 0.6) is 5.75 Å². The molecular formula is C18H18O2. The van der Waals surface area contributed by atoms with Crippen LogP contribution in [0, 0.1) is 6.92 Å². The van der Waals surface area contributed by atoms with E-state index < -0.39 is 0 Å². The number of aryl methyl sites for hydroxylation is 2. The van der Waals surface area contributed by atoms with Crippen LogP contribution >= 0.6 is 0 Å². The molecule has 2 nitrogen and oxygen atoms in total. The minimum absolute atomic E-state index is 0.00269. The van der Waals surface area contributed by atoms with Gasteiger partial charge in [-0.1, -0.05) is 24.3 Å². The summed E-state index contributed by atoms with van der Waals surface area (Å²) in [5.74, 6) is 1.06. The van der Waals surface area contributed by atoms with Crippen LogP contribution in [0.25, 0.3) is 0 Å². The van der Waals surface area contributed by atoms with Crippen molar-refractivity contribution in [2.45, 2.75) is 25.7 Å². The summed E-state index contributed by atoms with van der Waals surface area (Å²) < 4.78 is 5.23. The number of hydrogen-bond acceptors (Lipinski definition) is 2. The standard InChI is InChI=1S/C18H18O2/c1-12-5-3-4-6-15(12)17-9-7-13-11-14(20-2)8-10-16(13)18(17)19/h3-6,8,10-11,17H,7,9H2,1-2H3. The van der Waals surface area contributed by atoms with Gasteiger partial charge in [-0.2, -0.15) is 0 Å². The molecular weight excluding hydrogens is 248 g/mol. The molecule has 0 amide bonds. The number of carbonyl (C=O) groups is 1. The topological polar surface area (TPSA) is 26.3 Å². The second-order valence-electron chi connectivity index (χ2n) is 5.34. The molecule has 1 unspecified atom stereocenters. The summed E-state index contributed by atoms with van der Waals surface area (Å²) in [6.45, 7) is 2.08. The molecule has 102 valence electrons. The number of carbonyl (C=O) groups excluding carboxylic acids is 1. The highest BCUT2D eigenvalue weighted by Gasteiger charge is 2.29. The molecule has 0 N–H and O–H groups in total. The molecule has 3 rings (SSSR count). The first kappa shape index (κ1) is 12.9. The summed E-state index contributed by atoms with van der Waals surface area (Å²) in [6.07, 6.45) is 1.81. The molecule has 0 spiro atoms. The van der Waals surface area contributed by atoms with Crippen LogP contribution in [0.15, 0.2) is 42.5 Å². The average Bonchev–Trinajstić information content (AvgIpc) is 2.48. The lowest BCUT2D eigenvalue weighted by molar-refractivity contribution is 0.0946. The Morgan fingerprint density at radius 3 is 2.70 bits per heavy atom. The van der Waals surface area contributed by atoms with E-state index in [0.29, 0.717) is 0 Å². The molecule has 1 atom stereocenters. The monoisotopic (exact) mass is 266 g/mol. The third-order valence-corrected chi connectivity index (χ3v) is 4.16. The molecule has 0 aromatic heterocycles. The van der Waals surface area contributed by atoms with Gasteiger partial charge in [-0.3, -0.25) is 4.79 Å². The molecule has 2 heteroatoms. The average molecular weight is 266 g/mol. The Hall–Kier alpha value is -2.09. The Bertz CT molecular complexity index is 658. The predicted octanol–water partition coefficient (Wildman–Crippen LogP) is 3.92. The van der Waals surface area contributed by atoms with Crippen LogP contribution < -0.4 is 4.74 Å². The van der Waals surface area contributed by atoms with Gasteiger partial charge in [0.05, 0.1) is 7.11 Å². The van der Waals surface area contributed by atoms with Crippen LogP contribution in [0.4, 0.5) is 0 Å². The maximum atomic E-state index is 12.7. The van der Waals surface area contributed by atoms with Gasteiger partial charge in [0.1, 0.15) is 5.75 Å². The molecule has 0 fully saturated rings. The lowest BCUT2D eigenvalue weighted by Gasteiger charge is -2.25. The summed E-state index contributed by atoms with van der Waals surface area (Å²) in [7, 11) is 1.66. The zero-order valence-corrected chi connectivity index (χ0v) is 11.8. The van der Waals surface area contributed by atoms with Gasteiger partial charge >= 0.3 is 0 Å². The van der Waals surface area contributed by atoms with Gasteiger partial charge in [0.25, 0.3) is 0 Å². The molecule has 1 aliphatic carbocycles. The lowest BCUT2D eigenvalue weighted by atomic mass is 9.78. The third kappa shape index (κ3) is 2.11. The fourth-order valence-corrected chi connectivity index (χ4v) is 3.04. The zero-order valence-electron chi connectivity index (χ0n) is 11.8. The third-order valence-electron chi connectivity index (χ3n) is 4.16. The van der Waals surface area contributed by atoms with Gasteiger partial charge < -0.3 is 4.74 Å². The summed E-state index contributed by atoms with van der Waals surface area (Å²) >= 11 is 0. The number of rotatable bonds is 2. The largest absolute Gasteiger partial charge is 0.497 e. The number of hydrogen-bond donors (Lipinski definition) is 0. The van der Waals surface area contributed by atoms with Crippen LogP contribution in [0.3, 0.4) is 0 Å². The van der Waals surface area contributed by atoms with Crippen molar-refractivity contribution in [2.24, 2.45) is 0 Å². The van der Waals surface area contributed by atoms with Crippen molar-refractivity contribution in [1.82, 2.24) is 0 Å². The van der Waals surface area contributed by atoms with Crippen molar-refractivity contribution in [1.29, 1.82) is 0 Å². The van der Waals surface area contributed by atoms with Crippen molar-refractivity contribution in [2.75, 3.05) is 7.11 Å². The fraction of sp³-hybridized carbons (Fsp3) is 0.278. The van der Waals surface area contributed by atoms with E-state index in [4.69, 9.17) is 4.74 Å². The number of ether oxygens (including phenoxy) is 1. The highest BCUT2D eigenvalue weighted by atomic mass is 16.5. The van der Waals surface area contributed by atoms with Crippen LogP contribution in [0.2, 0.25) is 0 Å². The van der Waals surface area contributed by atoms with E-state index in [1.807, 2.05) is 30.3 Å². The number of benzene rings is 2. The molecule has 0 heterocycles. The van der Waals surface area contributed by atoms with E-state index in [9.17, 15) is 4.79 Å². The predicted molar refractivity (Wildman–Crippen MR) is 79.6 cm³/mol. The van der Waals surface area contributed by atoms with Gasteiger partial charge in [0, 0.05) is 11.5 Å². The van der Waals surface area contributed by atoms with Crippen LogP contribution in [-0.4, -0.2) is 12.9 Å². The van der Waals surface area contributed by atoms with Gasteiger partial charge in [0.15, 0.2) is 5.78 Å². The first-order valence-corrected chi connectivity index (χ1v) is 6.97. The van der Waals surface area contributed by atoms with Crippen molar-refractivity contribution in [3.8, 4) is 5.75 Å². The second-order valence-corrected chi connectivity index (χ2v) is 5.34. The maximum Gasteiger partial charge on any atom is 0.170 e. The Morgan fingerprint density at radius 2 is 1.95 bits per heavy atom. The molecule has 2 aromatic carbocycles. The molecule has 0 saturated heterocycles. The Labute approximate surface area is 119 Å². The Balaban J connectivity index is 1.99. The molecule has 0 radical (unpaired) electrons. The van der Waals surface area contributed by atoms with E-state index in [1.165, 1.54) is 11.1 Å².